The first-order chi connectivity index (χ1) is 6.22. The molecule has 70 valence electrons. The van der Waals surface area contributed by atoms with Gasteiger partial charge < -0.3 is 0 Å². The summed E-state index contributed by atoms with van der Waals surface area (Å²) in [4.78, 5) is 10.5. The van der Waals surface area contributed by atoms with E-state index in [0.717, 1.165) is 9.36 Å². The van der Waals surface area contributed by atoms with E-state index in [2.05, 4.69) is 0 Å². The van der Waals surface area contributed by atoms with Gasteiger partial charge in [-0.1, -0.05) is 0 Å². The first kappa shape index (κ1) is 10.4. The molecule has 0 radical (unpaired) electrons. The zero-order chi connectivity index (χ0) is 9.68. The van der Waals surface area contributed by atoms with E-state index in [0.29, 0.717) is 0 Å². The Morgan fingerprint density at radius 1 is 1.31 bits per heavy atom. The maximum absolute atomic E-state index is 10.5. The predicted octanol–water partition coefficient (Wildman–Crippen LogP) is 0.503. The summed E-state index contributed by atoms with van der Waals surface area (Å²) in [5.74, 6) is 0.609. The Balaban J connectivity index is 2.54. The molecule has 0 amide bonds. The monoisotopic (exact) mass is 296 g/mol. The summed E-state index contributed by atoms with van der Waals surface area (Å²) in [5.41, 5.74) is 0. The van der Waals surface area contributed by atoms with E-state index in [4.69, 9.17) is 7.84 Å². The van der Waals surface area contributed by atoms with Crippen molar-refractivity contribution < 1.29 is 12.6 Å². The quantitative estimate of drug-likeness (QED) is 0.762. The van der Waals surface area contributed by atoms with Gasteiger partial charge in [0.25, 0.3) is 0 Å². The van der Waals surface area contributed by atoms with Crippen LogP contribution < -0.4 is 8.35 Å². The van der Waals surface area contributed by atoms with Gasteiger partial charge in [-0.3, -0.25) is 0 Å². The van der Waals surface area contributed by atoms with E-state index in [1.165, 1.54) is 6.92 Å². The van der Waals surface area contributed by atoms with Crippen LogP contribution in [0.1, 0.15) is 6.92 Å². The van der Waals surface area contributed by atoms with Crippen molar-refractivity contribution in [1.29, 1.82) is 0 Å². The van der Waals surface area contributed by atoms with Gasteiger partial charge in [-0.15, -0.1) is 0 Å². The third-order valence-electron chi connectivity index (χ3n) is 1.31. The van der Waals surface area contributed by atoms with E-state index in [1.807, 2.05) is 24.3 Å². The fraction of sp³-hybridized carbons (Fsp3) is 0.222. The average Bonchev–Trinajstić information content (AvgIpc) is 2.15. The van der Waals surface area contributed by atoms with E-state index in [1.54, 1.807) is 7.11 Å². The predicted molar refractivity (Wildman–Crippen MR) is 50.1 cm³/mol. The summed E-state index contributed by atoms with van der Waals surface area (Å²) in [6.45, 7) is 1.42. The van der Waals surface area contributed by atoms with E-state index in [-0.39, 0.29) is 5.97 Å². The molecule has 0 unspecified atom stereocenters. The summed E-state index contributed by atoms with van der Waals surface area (Å²) in [5, 5.41) is 0. The van der Waals surface area contributed by atoms with Crippen LogP contribution in [0, 0.1) is 0 Å². The number of methoxy groups -OCH3 is 1. The standard InChI is InChI=1S/C9H10O3Te/c1-7(10)12-13-9-5-3-8(11-2)4-6-9/h3-6H,1-2H3. The van der Waals surface area contributed by atoms with Crippen LogP contribution in [0.4, 0.5) is 0 Å². The van der Waals surface area contributed by atoms with E-state index in [9.17, 15) is 4.79 Å². The van der Waals surface area contributed by atoms with Crippen LogP contribution in [0.2, 0.25) is 0 Å². The SMILES string of the molecule is COc1ccc([Te]OC(C)=O)cc1. The van der Waals surface area contributed by atoms with Crippen molar-refractivity contribution in [3.8, 4) is 5.75 Å². The number of ether oxygens (including phenoxy) is 1. The molecule has 0 saturated heterocycles. The van der Waals surface area contributed by atoms with Crippen LogP contribution >= 0.6 is 0 Å². The molecule has 1 rings (SSSR count). The van der Waals surface area contributed by atoms with Crippen LogP contribution in [0.5, 0.6) is 5.75 Å². The van der Waals surface area contributed by atoms with Crippen molar-refractivity contribution in [1.82, 2.24) is 0 Å². The second-order valence-corrected chi connectivity index (χ2v) is 4.63. The Morgan fingerprint density at radius 3 is 2.38 bits per heavy atom. The third kappa shape index (κ3) is 3.66. The number of benzene rings is 1. The molecule has 0 bridgehead atoms. The Hall–Kier alpha value is -0.720. The Labute approximate surface area is 87.7 Å². The van der Waals surface area contributed by atoms with Gasteiger partial charge in [0.2, 0.25) is 0 Å². The van der Waals surface area contributed by atoms with Gasteiger partial charge in [0.05, 0.1) is 0 Å². The molecule has 1 aromatic carbocycles. The molecule has 0 aromatic heterocycles. The molecule has 13 heavy (non-hydrogen) atoms. The fourth-order valence-corrected chi connectivity index (χ4v) is 2.05. The van der Waals surface area contributed by atoms with Gasteiger partial charge in [-0.05, 0) is 0 Å². The average molecular weight is 294 g/mol. The molecular formula is C9H10O3Te. The minimum absolute atomic E-state index is 0.210. The van der Waals surface area contributed by atoms with Crippen molar-refractivity contribution in [2.45, 2.75) is 6.92 Å². The van der Waals surface area contributed by atoms with Crippen LogP contribution in [-0.2, 0) is 7.90 Å². The Kier molecular flexibility index (Phi) is 4.07. The number of rotatable bonds is 3. The Morgan fingerprint density at radius 2 is 1.92 bits per heavy atom. The van der Waals surface area contributed by atoms with Crippen molar-refractivity contribution in [3.63, 3.8) is 0 Å². The molecule has 0 aliphatic carbocycles. The topological polar surface area (TPSA) is 35.5 Å². The van der Waals surface area contributed by atoms with Crippen molar-refractivity contribution in [2.75, 3.05) is 7.11 Å². The van der Waals surface area contributed by atoms with Gasteiger partial charge in [0, 0.05) is 0 Å². The van der Waals surface area contributed by atoms with Crippen molar-refractivity contribution in [2.24, 2.45) is 0 Å². The van der Waals surface area contributed by atoms with Crippen molar-refractivity contribution >= 4 is 30.9 Å². The molecule has 0 heterocycles. The van der Waals surface area contributed by atoms with Gasteiger partial charge in [-0.25, -0.2) is 0 Å². The first-order valence-corrected chi connectivity index (χ1v) is 5.83. The molecule has 0 N–H and O–H groups in total. The van der Waals surface area contributed by atoms with Gasteiger partial charge in [-0.2, -0.15) is 0 Å². The molecule has 4 heteroatoms. The molecule has 3 nitrogen and oxygen atoms in total. The summed E-state index contributed by atoms with van der Waals surface area (Å²) in [6.07, 6.45) is 0. The number of carbonyl (C=O) groups excluding carboxylic acids is 1. The zero-order valence-corrected chi connectivity index (χ0v) is 9.77. The first-order valence-electron chi connectivity index (χ1n) is 3.71. The van der Waals surface area contributed by atoms with E-state index >= 15 is 0 Å². The maximum atomic E-state index is 10.5. The van der Waals surface area contributed by atoms with Crippen LogP contribution in [0.15, 0.2) is 24.3 Å². The molecule has 1 aromatic rings. The zero-order valence-electron chi connectivity index (χ0n) is 7.44. The Bertz CT molecular complexity index is 281. The number of hydrogen-bond donors (Lipinski definition) is 0. The van der Waals surface area contributed by atoms with Crippen LogP contribution in [0.25, 0.3) is 0 Å². The van der Waals surface area contributed by atoms with Gasteiger partial charge in [0.15, 0.2) is 0 Å². The summed E-state index contributed by atoms with van der Waals surface area (Å²) >= 11 is -0.810. The summed E-state index contributed by atoms with van der Waals surface area (Å²) < 4.78 is 11.0. The van der Waals surface area contributed by atoms with Crippen LogP contribution in [0.3, 0.4) is 0 Å². The second kappa shape index (κ2) is 5.11. The molecule has 0 atom stereocenters. The van der Waals surface area contributed by atoms with Crippen molar-refractivity contribution in [3.05, 3.63) is 24.3 Å². The van der Waals surface area contributed by atoms with Gasteiger partial charge >= 0.3 is 87.6 Å². The van der Waals surface area contributed by atoms with E-state index < -0.39 is 21.3 Å². The summed E-state index contributed by atoms with van der Waals surface area (Å²) in [7, 11) is 1.62. The number of carbonyl (C=O) groups is 1. The summed E-state index contributed by atoms with van der Waals surface area (Å²) in [6, 6.07) is 7.57. The molecule has 0 aliphatic rings. The fourth-order valence-electron chi connectivity index (χ4n) is 0.738. The van der Waals surface area contributed by atoms with Gasteiger partial charge in [0.1, 0.15) is 0 Å². The minimum atomic E-state index is -0.810. The number of hydrogen-bond acceptors (Lipinski definition) is 3. The second-order valence-electron chi connectivity index (χ2n) is 2.33. The molecule has 0 spiro atoms. The van der Waals surface area contributed by atoms with Crippen LogP contribution in [-0.4, -0.2) is 34.4 Å². The normalized spacial score (nSPS) is 9.38. The molecule has 0 fully saturated rings. The third-order valence-corrected chi connectivity index (χ3v) is 3.55. The molecule has 0 saturated carbocycles. The molecule has 0 aliphatic heterocycles. The molecular weight excluding hydrogens is 284 g/mol.